The smallest absolute Gasteiger partial charge is 0.282 e. The van der Waals surface area contributed by atoms with Gasteiger partial charge in [0.2, 0.25) is 0 Å². The molecule has 6 nitrogen and oxygen atoms in total. The molecule has 2 aromatic carbocycles. The van der Waals surface area contributed by atoms with Gasteiger partial charge in [-0.3, -0.25) is 20.2 Å². The lowest BCUT2D eigenvalue weighted by molar-refractivity contribution is -0.385. The second-order valence-electron chi connectivity index (χ2n) is 6.24. The molecular weight excluding hydrogens is 398 g/mol. The van der Waals surface area contributed by atoms with E-state index in [0.717, 1.165) is 29.0 Å². The number of rotatable bonds is 6. The normalized spacial score (nSPS) is 10.7. The third kappa shape index (κ3) is 4.37. The fourth-order valence-corrected chi connectivity index (χ4v) is 3.85. The average molecular weight is 416 g/mol. The van der Waals surface area contributed by atoms with Gasteiger partial charge in [-0.25, -0.2) is 4.98 Å². The van der Waals surface area contributed by atoms with E-state index in [4.69, 9.17) is 11.6 Å². The summed E-state index contributed by atoms with van der Waals surface area (Å²) < 4.78 is 0. The number of aryl methyl sites for hydroxylation is 2. The zero-order chi connectivity index (χ0) is 20.3. The maximum Gasteiger partial charge on any atom is 0.282 e. The van der Waals surface area contributed by atoms with E-state index in [-0.39, 0.29) is 16.3 Å². The van der Waals surface area contributed by atoms with Crippen molar-refractivity contribution in [1.29, 1.82) is 0 Å². The van der Waals surface area contributed by atoms with Gasteiger partial charge in [-0.2, -0.15) is 0 Å². The van der Waals surface area contributed by atoms with Crippen LogP contribution in [0.3, 0.4) is 0 Å². The maximum atomic E-state index is 12.6. The van der Waals surface area contributed by atoms with E-state index in [1.54, 1.807) is 0 Å². The standard InChI is InChI=1S/C20H18ClN3O3S/c1-3-4-13-5-7-14(8-6-13)18-12(2)28-20(22-18)23-19(25)16-11-15(21)9-10-17(16)24(26)27/h5-11H,3-4H2,1-2H3,(H,22,23,25). The van der Waals surface area contributed by atoms with Crippen LogP contribution in [0.25, 0.3) is 11.3 Å². The van der Waals surface area contributed by atoms with E-state index in [2.05, 4.69) is 29.4 Å². The highest BCUT2D eigenvalue weighted by atomic mass is 35.5. The lowest BCUT2D eigenvalue weighted by atomic mass is 10.1. The van der Waals surface area contributed by atoms with Gasteiger partial charge in [0.05, 0.1) is 10.6 Å². The molecule has 1 heterocycles. The van der Waals surface area contributed by atoms with Crippen molar-refractivity contribution in [1.82, 2.24) is 4.98 Å². The number of amides is 1. The summed E-state index contributed by atoms with van der Waals surface area (Å²) in [5, 5.41) is 14.5. The van der Waals surface area contributed by atoms with E-state index < -0.39 is 10.8 Å². The van der Waals surface area contributed by atoms with E-state index in [1.807, 2.05) is 19.1 Å². The number of halogens is 1. The van der Waals surface area contributed by atoms with Gasteiger partial charge in [-0.05, 0) is 31.0 Å². The maximum absolute atomic E-state index is 12.6. The molecule has 0 atom stereocenters. The molecule has 0 aliphatic carbocycles. The molecule has 3 rings (SSSR count). The molecule has 0 saturated heterocycles. The average Bonchev–Trinajstić information content (AvgIpc) is 3.02. The third-order valence-corrected chi connectivity index (χ3v) is 5.30. The van der Waals surface area contributed by atoms with E-state index >= 15 is 0 Å². The first-order valence-electron chi connectivity index (χ1n) is 8.71. The van der Waals surface area contributed by atoms with Crippen LogP contribution in [0.5, 0.6) is 0 Å². The SMILES string of the molecule is CCCc1ccc(-c2nc(NC(=O)c3cc(Cl)ccc3[N+](=O)[O-])sc2C)cc1. The molecule has 0 aliphatic rings. The Kier molecular flexibility index (Phi) is 6.06. The fourth-order valence-electron chi connectivity index (χ4n) is 2.85. The molecule has 1 aromatic heterocycles. The lowest BCUT2D eigenvalue weighted by Gasteiger charge is -2.04. The number of aromatic nitrogens is 1. The van der Waals surface area contributed by atoms with Gasteiger partial charge in [-0.15, -0.1) is 11.3 Å². The van der Waals surface area contributed by atoms with Crippen LogP contribution in [-0.4, -0.2) is 15.8 Å². The Hall–Kier alpha value is -2.77. The van der Waals surface area contributed by atoms with E-state index in [0.29, 0.717) is 5.13 Å². The number of hydrogen-bond donors (Lipinski definition) is 1. The Balaban J connectivity index is 1.85. The number of hydrogen-bond acceptors (Lipinski definition) is 5. The molecule has 0 bridgehead atoms. The largest absolute Gasteiger partial charge is 0.298 e. The molecule has 0 unspecified atom stereocenters. The second-order valence-corrected chi connectivity index (χ2v) is 7.88. The van der Waals surface area contributed by atoms with Gasteiger partial charge in [0, 0.05) is 21.5 Å². The van der Waals surface area contributed by atoms with Crippen LogP contribution < -0.4 is 5.32 Å². The monoisotopic (exact) mass is 415 g/mol. The summed E-state index contributed by atoms with van der Waals surface area (Å²) >= 11 is 7.22. The molecule has 1 N–H and O–H groups in total. The van der Waals surface area contributed by atoms with Gasteiger partial charge < -0.3 is 0 Å². The zero-order valence-corrected chi connectivity index (χ0v) is 16.9. The number of carbonyl (C=O) groups excluding carboxylic acids is 1. The van der Waals surface area contributed by atoms with Crippen molar-refractivity contribution >= 4 is 39.7 Å². The van der Waals surface area contributed by atoms with Crippen molar-refractivity contribution in [2.24, 2.45) is 0 Å². The van der Waals surface area contributed by atoms with Gasteiger partial charge in [0.25, 0.3) is 11.6 Å². The number of nitro benzene ring substituents is 1. The molecule has 3 aromatic rings. The second kappa shape index (κ2) is 8.50. The first-order chi connectivity index (χ1) is 13.4. The molecule has 1 amide bonds. The highest BCUT2D eigenvalue weighted by Crippen LogP contribution is 2.31. The summed E-state index contributed by atoms with van der Waals surface area (Å²) in [5.41, 5.74) is 2.60. The molecule has 0 fully saturated rings. The number of thiazole rings is 1. The summed E-state index contributed by atoms with van der Waals surface area (Å²) in [6.07, 6.45) is 2.11. The number of anilines is 1. The minimum atomic E-state index is -0.618. The molecule has 144 valence electrons. The molecule has 8 heteroatoms. The Morgan fingerprint density at radius 2 is 1.96 bits per heavy atom. The molecule has 0 saturated carbocycles. The van der Waals surface area contributed by atoms with E-state index in [1.165, 1.54) is 35.1 Å². The minimum absolute atomic E-state index is 0.101. The predicted molar refractivity (Wildman–Crippen MR) is 112 cm³/mol. The van der Waals surface area contributed by atoms with Crippen molar-refractivity contribution in [2.75, 3.05) is 5.32 Å². The lowest BCUT2D eigenvalue weighted by Crippen LogP contribution is -2.13. The topological polar surface area (TPSA) is 85.1 Å². The third-order valence-electron chi connectivity index (χ3n) is 4.18. The summed E-state index contributed by atoms with van der Waals surface area (Å²) in [5.74, 6) is -0.618. The summed E-state index contributed by atoms with van der Waals surface area (Å²) in [6.45, 7) is 4.06. The van der Waals surface area contributed by atoms with Gasteiger partial charge in [0.15, 0.2) is 5.13 Å². The summed E-state index contributed by atoms with van der Waals surface area (Å²) in [6, 6.07) is 12.1. The van der Waals surface area contributed by atoms with Crippen molar-refractivity contribution in [3.05, 3.63) is 73.6 Å². The Bertz CT molecular complexity index is 1030. The Morgan fingerprint density at radius 1 is 1.25 bits per heavy atom. The van der Waals surface area contributed by atoms with Gasteiger partial charge in [0.1, 0.15) is 5.56 Å². The van der Waals surface area contributed by atoms with Crippen molar-refractivity contribution in [2.45, 2.75) is 26.7 Å². The van der Waals surface area contributed by atoms with Gasteiger partial charge >= 0.3 is 0 Å². The molecule has 28 heavy (non-hydrogen) atoms. The van der Waals surface area contributed by atoms with Crippen LogP contribution in [-0.2, 0) is 6.42 Å². The molecular formula is C20H18ClN3O3S. The fraction of sp³-hybridized carbons (Fsp3) is 0.200. The van der Waals surface area contributed by atoms with Crippen molar-refractivity contribution in [3.8, 4) is 11.3 Å². The molecule has 0 radical (unpaired) electrons. The van der Waals surface area contributed by atoms with E-state index in [9.17, 15) is 14.9 Å². The molecule has 0 aliphatic heterocycles. The van der Waals surface area contributed by atoms with Crippen LogP contribution in [0.4, 0.5) is 10.8 Å². The predicted octanol–water partition coefficient (Wildman–Crippen LogP) is 5.88. The van der Waals surface area contributed by atoms with Crippen LogP contribution in [0, 0.1) is 17.0 Å². The van der Waals surface area contributed by atoms with Crippen molar-refractivity contribution in [3.63, 3.8) is 0 Å². The quantitative estimate of drug-likeness (QED) is 0.402. The Labute approximate surface area is 171 Å². The zero-order valence-electron chi connectivity index (χ0n) is 15.4. The van der Waals surface area contributed by atoms with Crippen LogP contribution in [0.2, 0.25) is 5.02 Å². The van der Waals surface area contributed by atoms with Crippen molar-refractivity contribution < 1.29 is 9.72 Å². The Morgan fingerprint density at radius 3 is 2.61 bits per heavy atom. The highest BCUT2D eigenvalue weighted by molar-refractivity contribution is 7.16. The number of nitrogens with zero attached hydrogens (tertiary/aromatic N) is 2. The first-order valence-corrected chi connectivity index (χ1v) is 9.90. The number of nitro groups is 1. The van der Waals surface area contributed by atoms with Crippen LogP contribution in [0.1, 0.15) is 34.1 Å². The first kappa shape index (κ1) is 20.0. The number of benzene rings is 2. The summed E-state index contributed by atoms with van der Waals surface area (Å²) in [7, 11) is 0. The summed E-state index contributed by atoms with van der Waals surface area (Å²) in [4.78, 5) is 28.6. The number of nitrogens with one attached hydrogen (secondary N) is 1. The van der Waals surface area contributed by atoms with Crippen LogP contribution >= 0.6 is 22.9 Å². The van der Waals surface area contributed by atoms with Gasteiger partial charge in [-0.1, -0.05) is 49.2 Å². The van der Waals surface area contributed by atoms with Crippen LogP contribution in [0.15, 0.2) is 42.5 Å². The number of carbonyl (C=O) groups is 1. The minimum Gasteiger partial charge on any atom is -0.298 e. The highest BCUT2D eigenvalue weighted by Gasteiger charge is 2.22. The molecule has 0 spiro atoms.